The van der Waals surface area contributed by atoms with E-state index < -0.39 is 12.1 Å². The molecule has 4 nitrogen and oxygen atoms in total. The molecule has 0 aromatic heterocycles. The van der Waals surface area contributed by atoms with Crippen LogP contribution in [0.25, 0.3) is 6.08 Å². The SMILES string of the molecule is CCc1cccc(C)c1NC(=O)C(C)OC(=O)C=Cc1ccccc1. The number of ether oxygens (including phenoxy) is 1. The first kappa shape index (κ1) is 18.5. The van der Waals surface area contributed by atoms with Gasteiger partial charge in [0.25, 0.3) is 5.91 Å². The van der Waals surface area contributed by atoms with Gasteiger partial charge < -0.3 is 10.1 Å². The van der Waals surface area contributed by atoms with Crippen LogP contribution in [0.5, 0.6) is 0 Å². The number of para-hydroxylation sites is 1. The van der Waals surface area contributed by atoms with Crippen LogP contribution in [0.3, 0.4) is 0 Å². The lowest BCUT2D eigenvalue weighted by Crippen LogP contribution is -2.30. The molecule has 0 aliphatic carbocycles. The molecule has 1 atom stereocenters. The Balaban J connectivity index is 1.96. The Morgan fingerprint density at radius 3 is 2.52 bits per heavy atom. The van der Waals surface area contributed by atoms with Crippen molar-refractivity contribution in [3.05, 3.63) is 71.3 Å². The molecule has 0 aliphatic heterocycles. The fourth-order valence-corrected chi connectivity index (χ4v) is 2.42. The van der Waals surface area contributed by atoms with Crippen LogP contribution in [0, 0.1) is 6.92 Å². The molecule has 0 spiro atoms. The first-order valence-electron chi connectivity index (χ1n) is 8.34. The minimum atomic E-state index is -0.878. The minimum Gasteiger partial charge on any atom is -0.449 e. The topological polar surface area (TPSA) is 55.4 Å². The van der Waals surface area contributed by atoms with Crippen molar-refractivity contribution in [2.45, 2.75) is 33.3 Å². The van der Waals surface area contributed by atoms with Crippen LogP contribution < -0.4 is 5.32 Å². The molecule has 1 N–H and O–H groups in total. The van der Waals surface area contributed by atoms with Gasteiger partial charge in [0.2, 0.25) is 0 Å². The molecule has 0 aliphatic rings. The van der Waals surface area contributed by atoms with Crippen molar-refractivity contribution >= 4 is 23.6 Å². The quantitative estimate of drug-likeness (QED) is 0.636. The summed E-state index contributed by atoms with van der Waals surface area (Å²) < 4.78 is 5.18. The van der Waals surface area contributed by atoms with Crippen LogP contribution in [0.2, 0.25) is 0 Å². The number of carbonyl (C=O) groups excluding carboxylic acids is 2. The second-order valence-corrected chi connectivity index (χ2v) is 5.77. The number of hydrogen-bond acceptors (Lipinski definition) is 3. The molecule has 0 heterocycles. The molecule has 2 aromatic rings. The van der Waals surface area contributed by atoms with Gasteiger partial charge in [-0.1, -0.05) is 55.5 Å². The van der Waals surface area contributed by atoms with E-state index in [4.69, 9.17) is 4.74 Å². The van der Waals surface area contributed by atoms with Crippen molar-refractivity contribution in [3.8, 4) is 0 Å². The van der Waals surface area contributed by atoms with E-state index in [9.17, 15) is 9.59 Å². The molecule has 25 heavy (non-hydrogen) atoms. The summed E-state index contributed by atoms with van der Waals surface area (Å²) in [7, 11) is 0. The third-order valence-corrected chi connectivity index (χ3v) is 3.86. The van der Waals surface area contributed by atoms with E-state index >= 15 is 0 Å². The maximum Gasteiger partial charge on any atom is 0.331 e. The maximum absolute atomic E-state index is 12.3. The number of benzene rings is 2. The molecule has 4 heteroatoms. The Hall–Kier alpha value is -2.88. The predicted molar refractivity (Wildman–Crippen MR) is 100 cm³/mol. The van der Waals surface area contributed by atoms with Crippen LogP contribution in [-0.4, -0.2) is 18.0 Å². The fraction of sp³-hybridized carbons (Fsp3) is 0.238. The largest absolute Gasteiger partial charge is 0.449 e. The van der Waals surface area contributed by atoms with Gasteiger partial charge in [0, 0.05) is 11.8 Å². The van der Waals surface area contributed by atoms with E-state index in [1.807, 2.05) is 62.4 Å². The van der Waals surface area contributed by atoms with Gasteiger partial charge in [-0.2, -0.15) is 0 Å². The van der Waals surface area contributed by atoms with Gasteiger partial charge in [0.05, 0.1) is 0 Å². The number of esters is 1. The standard InChI is InChI=1S/C21H23NO3/c1-4-18-12-8-9-15(2)20(18)22-21(24)16(3)25-19(23)14-13-17-10-6-5-7-11-17/h5-14,16H,4H2,1-3H3,(H,22,24). The van der Waals surface area contributed by atoms with Gasteiger partial charge in [-0.05, 0) is 43.0 Å². The lowest BCUT2D eigenvalue weighted by atomic mass is 10.1. The van der Waals surface area contributed by atoms with E-state index in [1.54, 1.807) is 13.0 Å². The third-order valence-electron chi connectivity index (χ3n) is 3.86. The first-order chi connectivity index (χ1) is 12.0. The molecular weight excluding hydrogens is 314 g/mol. The van der Waals surface area contributed by atoms with Crippen molar-refractivity contribution in [2.24, 2.45) is 0 Å². The second-order valence-electron chi connectivity index (χ2n) is 5.77. The molecule has 0 saturated carbocycles. The molecule has 0 fully saturated rings. The Morgan fingerprint density at radius 2 is 1.84 bits per heavy atom. The summed E-state index contributed by atoms with van der Waals surface area (Å²) in [5.41, 5.74) is 3.72. The Labute approximate surface area is 148 Å². The zero-order valence-electron chi connectivity index (χ0n) is 14.8. The molecule has 0 saturated heterocycles. The summed E-state index contributed by atoms with van der Waals surface area (Å²) in [6, 6.07) is 15.3. The molecule has 0 bridgehead atoms. The first-order valence-corrected chi connectivity index (χ1v) is 8.34. The molecule has 0 radical (unpaired) electrons. The summed E-state index contributed by atoms with van der Waals surface area (Å²) >= 11 is 0. The van der Waals surface area contributed by atoms with Crippen molar-refractivity contribution in [2.75, 3.05) is 5.32 Å². The lowest BCUT2D eigenvalue weighted by molar-refractivity contribution is -0.148. The summed E-state index contributed by atoms with van der Waals surface area (Å²) in [6.07, 6.45) is 2.91. The number of rotatable bonds is 6. The Morgan fingerprint density at radius 1 is 1.12 bits per heavy atom. The summed E-state index contributed by atoms with van der Waals surface area (Å²) in [5.74, 6) is -0.891. The van der Waals surface area contributed by atoms with Crippen LogP contribution in [0.1, 0.15) is 30.5 Å². The average Bonchev–Trinajstić information content (AvgIpc) is 2.62. The van der Waals surface area contributed by atoms with Gasteiger partial charge in [-0.15, -0.1) is 0 Å². The van der Waals surface area contributed by atoms with Gasteiger partial charge >= 0.3 is 5.97 Å². The normalized spacial score (nSPS) is 12.0. The molecule has 2 rings (SSSR count). The number of anilines is 1. The summed E-state index contributed by atoms with van der Waals surface area (Å²) in [4.78, 5) is 24.2. The average molecular weight is 337 g/mol. The van der Waals surface area contributed by atoms with Gasteiger partial charge in [-0.3, -0.25) is 4.79 Å². The molecule has 1 amide bonds. The zero-order chi connectivity index (χ0) is 18.2. The highest BCUT2D eigenvalue weighted by atomic mass is 16.5. The third kappa shape index (κ3) is 5.31. The lowest BCUT2D eigenvalue weighted by Gasteiger charge is -2.16. The van der Waals surface area contributed by atoms with Crippen LogP contribution >= 0.6 is 0 Å². The highest BCUT2D eigenvalue weighted by Gasteiger charge is 2.18. The molecule has 1 unspecified atom stereocenters. The van der Waals surface area contributed by atoms with Crippen molar-refractivity contribution < 1.29 is 14.3 Å². The van der Waals surface area contributed by atoms with E-state index in [0.717, 1.165) is 28.8 Å². The van der Waals surface area contributed by atoms with E-state index in [2.05, 4.69) is 5.32 Å². The number of nitrogens with one attached hydrogen (secondary N) is 1. The number of carbonyl (C=O) groups is 2. The monoisotopic (exact) mass is 337 g/mol. The molecule has 130 valence electrons. The Bertz CT molecular complexity index is 766. The highest BCUT2D eigenvalue weighted by molar-refractivity contribution is 5.97. The van der Waals surface area contributed by atoms with E-state index in [0.29, 0.717) is 0 Å². The zero-order valence-corrected chi connectivity index (χ0v) is 14.8. The van der Waals surface area contributed by atoms with Gasteiger partial charge in [-0.25, -0.2) is 4.79 Å². The Kier molecular flexibility index (Phi) is 6.52. The summed E-state index contributed by atoms with van der Waals surface area (Å²) in [5, 5.41) is 2.87. The van der Waals surface area contributed by atoms with Gasteiger partial charge in [0.1, 0.15) is 0 Å². The van der Waals surface area contributed by atoms with E-state index in [-0.39, 0.29) is 5.91 Å². The predicted octanol–water partition coefficient (Wildman–Crippen LogP) is 4.14. The van der Waals surface area contributed by atoms with E-state index in [1.165, 1.54) is 6.08 Å². The molecule has 2 aromatic carbocycles. The summed E-state index contributed by atoms with van der Waals surface area (Å²) in [6.45, 7) is 5.53. The van der Waals surface area contributed by atoms with Crippen LogP contribution in [-0.2, 0) is 20.7 Å². The second kappa shape index (κ2) is 8.83. The smallest absolute Gasteiger partial charge is 0.331 e. The fourth-order valence-electron chi connectivity index (χ4n) is 2.42. The van der Waals surface area contributed by atoms with Crippen LogP contribution in [0.4, 0.5) is 5.69 Å². The number of amides is 1. The van der Waals surface area contributed by atoms with Crippen molar-refractivity contribution in [1.82, 2.24) is 0 Å². The maximum atomic E-state index is 12.3. The van der Waals surface area contributed by atoms with Gasteiger partial charge in [0.15, 0.2) is 6.10 Å². The number of aryl methyl sites for hydroxylation is 2. The molecular formula is C21H23NO3. The van der Waals surface area contributed by atoms with Crippen molar-refractivity contribution in [1.29, 1.82) is 0 Å². The minimum absolute atomic E-state index is 0.342. The highest BCUT2D eigenvalue weighted by Crippen LogP contribution is 2.21. The number of hydrogen-bond donors (Lipinski definition) is 1. The van der Waals surface area contributed by atoms with Crippen molar-refractivity contribution in [3.63, 3.8) is 0 Å². The van der Waals surface area contributed by atoms with Crippen LogP contribution in [0.15, 0.2) is 54.6 Å².